The zero-order valence-corrected chi connectivity index (χ0v) is 15.4. The average Bonchev–Trinajstić information content (AvgIpc) is 2.71. The number of rotatable bonds is 3. The molecule has 29 heavy (non-hydrogen) atoms. The molecule has 3 nitrogen and oxygen atoms in total. The van der Waals surface area contributed by atoms with Crippen molar-refractivity contribution in [3.05, 3.63) is 94.8 Å². The van der Waals surface area contributed by atoms with Gasteiger partial charge in [0.25, 0.3) is 0 Å². The predicted molar refractivity (Wildman–Crippen MR) is 106 cm³/mol. The molecule has 4 aromatic rings. The number of alkyl halides is 3. The number of benzene rings is 3. The van der Waals surface area contributed by atoms with Crippen LogP contribution < -0.4 is 10.2 Å². The van der Waals surface area contributed by atoms with Crippen LogP contribution in [0.1, 0.15) is 5.56 Å². The van der Waals surface area contributed by atoms with E-state index in [0.29, 0.717) is 16.9 Å². The third-order valence-corrected chi connectivity index (χ3v) is 4.70. The summed E-state index contributed by atoms with van der Waals surface area (Å²) in [6.45, 7) is 0. The summed E-state index contributed by atoms with van der Waals surface area (Å²) in [5.74, 6) is 0.811. The van der Waals surface area contributed by atoms with Crippen LogP contribution in [0.3, 0.4) is 0 Å². The van der Waals surface area contributed by atoms with Gasteiger partial charge in [-0.1, -0.05) is 24.3 Å². The fraction of sp³-hybridized carbons (Fsp3) is 0.0870. The first-order valence-corrected chi connectivity index (χ1v) is 8.87. The Morgan fingerprint density at radius 1 is 0.897 bits per heavy atom. The van der Waals surface area contributed by atoms with Gasteiger partial charge in [-0.3, -0.25) is 4.79 Å². The summed E-state index contributed by atoms with van der Waals surface area (Å²) in [6.07, 6.45) is -2.68. The maximum Gasteiger partial charge on any atom is 0.416 e. The standard InChI is InChI=1S/C23H16F3NO2/c1-27-13-12-21(28)19-11-6-15(14-20(19)27)18-4-2-3-5-22(18)29-17-9-7-16(8-10-17)23(24,25)26/h2-14H,1H3. The summed E-state index contributed by atoms with van der Waals surface area (Å²) >= 11 is 0. The summed E-state index contributed by atoms with van der Waals surface area (Å²) in [7, 11) is 1.86. The third kappa shape index (κ3) is 3.74. The molecule has 0 N–H and O–H groups in total. The van der Waals surface area contributed by atoms with Crippen LogP contribution in [0.2, 0.25) is 0 Å². The van der Waals surface area contributed by atoms with Gasteiger partial charge in [-0.05, 0) is 48.0 Å². The number of fused-ring (bicyclic) bond motifs is 1. The van der Waals surface area contributed by atoms with E-state index < -0.39 is 11.7 Å². The number of hydrogen-bond donors (Lipinski definition) is 0. The second-order valence-electron chi connectivity index (χ2n) is 6.64. The Bertz CT molecular complexity index is 1240. The quantitative estimate of drug-likeness (QED) is 0.425. The second kappa shape index (κ2) is 7.13. The molecule has 0 atom stereocenters. The Morgan fingerprint density at radius 2 is 1.62 bits per heavy atom. The van der Waals surface area contributed by atoms with Gasteiger partial charge < -0.3 is 9.30 Å². The van der Waals surface area contributed by atoms with Crippen molar-refractivity contribution in [2.75, 3.05) is 0 Å². The zero-order valence-electron chi connectivity index (χ0n) is 15.4. The Kier molecular flexibility index (Phi) is 4.62. The maximum atomic E-state index is 12.8. The lowest BCUT2D eigenvalue weighted by Crippen LogP contribution is -2.05. The molecular formula is C23H16F3NO2. The smallest absolute Gasteiger partial charge is 0.416 e. The molecule has 0 spiro atoms. The normalized spacial score (nSPS) is 11.6. The van der Waals surface area contributed by atoms with Crippen LogP contribution in [-0.2, 0) is 13.2 Å². The van der Waals surface area contributed by atoms with E-state index in [1.807, 2.05) is 35.9 Å². The largest absolute Gasteiger partial charge is 0.457 e. The number of pyridine rings is 1. The van der Waals surface area contributed by atoms with Crippen LogP contribution in [0.25, 0.3) is 22.0 Å². The zero-order chi connectivity index (χ0) is 20.6. The molecular weight excluding hydrogens is 379 g/mol. The first-order valence-electron chi connectivity index (χ1n) is 8.87. The van der Waals surface area contributed by atoms with E-state index in [0.717, 1.165) is 28.8 Å². The molecule has 4 rings (SSSR count). The number of para-hydroxylation sites is 1. The summed E-state index contributed by atoms with van der Waals surface area (Å²) in [6, 6.07) is 18.8. The number of aromatic nitrogens is 1. The van der Waals surface area contributed by atoms with Gasteiger partial charge in [-0.25, -0.2) is 0 Å². The molecule has 0 saturated carbocycles. The Balaban J connectivity index is 1.73. The van der Waals surface area contributed by atoms with Crippen molar-refractivity contribution >= 4 is 10.9 Å². The van der Waals surface area contributed by atoms with Gasteiger partial charge in [0.05, 0.1) is 11.1 Å². The van der Waals surface area contributed by atoms with Crippen LogP contribution in [0.15, 0.2) is 83.8 Å². The molecule has 0 amide bonds. The van der Waals surface area contributed by atoms with Crippen LogP contribution in [0.5, 0.6) is 11.5 Å². The number of aryl methyl sites for hydroxylation is 1. The van der Waals surface area contributed by atoms with Gasteiger partial charge in [0, 0.05) is 30.3 Å². The lowest BCUT2D eigenvalue weighted by Gasteiger charge is -2.13. The summed E-state index contributed by atoms with van der Waals surface area (Å²) in [5.41, 5.74) is 1.60. The fourth-order valence-corrected chi connectivity index (χ4v) is 3.18. The van der Waals surface area contributed by atoms with Gasteiger partial charge in [0.2, 0.25) is 0 Å². The van der Waals surface area contributed by atoms with E-state index >= 15 is 0 Å². The summed E-state index contributed by atoms with van der Waals surface area (Å²) in [4.78, 5) is 12.1. The highest BCUT2D eigenvalue weighted by atomic mass is 19.4. The Hall–Kier alpha value is -3.54. The van der Waals surface area contributed by atoms with E-state index in [2.05, 4.69) is 0 Å². The number of halogens is 3. The molecule has 0 radical (unpaired) electrons. The highest BCUT2D eigenvalue weighted by Gasteiger charge is 2.30. The molecule has 6 heteroatoms. The van der Waals surface area contributed by atoms with Gasteiger partial charge in [-0.2, -0.15) is 13.2 Å². The van der Waals surface area contributed by atoms with Gasteiger partial charge in [-0.15, -0.1) is 0 Å². The first-order chi connectivity index (χ1) is 13.8. The molecule has 146 valence electrons. The topological polar surface area (TPSA) is 31.2 Å². The molecule has 0 aliphatic carbocycles. The minimum Gasteiger partial charge on any atom is -0.457 e. The molecule has 1 aromatic heterocycles. The lowest BCUT2D eigenvalue weighted by molar-refractivity contribution is -0.137. The molecule has 1 heterocycles. The van der Waals surface area contributed by atoms with E-state index in [9.17, 15) is 18.0 Å². The van der Waals surface area contributed by atoms with Crippen molar-refractivity contribution in [1.82, 2.24) is 4.57 Å². The van der Waals surface area contributed by atoms with Crippen molar-refractivity contribution in [2.45, 2.75) is 6.18 Å². The fourth-order valence-electron chi connectivity index (χ4n) is 3.18. The van der Waals surface area contributed by atoms with Crippen LogP contribution >= 0.6 is 0 Å². The molecule has 3 aromatic carbocycles. The number of nitrogens with zero attached hydrogens (tertiary/aromatic N) is 1. The van der Waals surface area contributed by atoms with Crippen LogP contribution in [0.4, 0.5) is 13.2 Å². The highest BCUT2D eigenvalue weighted by molar-refractivity contribution is 5.85. The summed E-state index contributed by atoms with van der Waals surface area (Å²) in [5, 5.41) is 0.611. The van der Waals surface area contributed by atoms with E-state index in [1.165, 1.54) is 18.2 Å². The van der Waals surface area contributed by atoms with Crippen molar-refractivity contribution < 1.29 is 17.9 Å². The Morgan fingerprint density at radius 3 is 2.34 bits per heavy atom. The van der Waals surface area contributed by atoms with E-state index in [4.69, 9.17) is 4.74 Å². The molecule has 0 saturated heterocycles. The molecule has 0 aliphatic heterocycles. The highest BCUT2D eigenvalue weighted by Crippen LogP contribution is 2.36. The molecule has 0 fully saturated rings. The predicted octanol–water partition coefficient (Wildman–Crippen LogP) is 6.02. The SMILES string of the molecule is Cn1ccc(=O)c2ccc(-c3ccccc3Oc3ccc(C(F)(F)F)cc3)cc21. The van der Waals surface area contributed by atoms with Crippen molar-refractivity contribution in [3.63, 3.8) is 0 Å². The van der Waals surface area contributed by atoms with Gasteiger partial charge in [0.15, 0.2) is 5.43 Å². The minimum absolute atomic E-state index is 0.0565. The Labute approximate surface area is 164 Å². The van der Waals surface area contributed by atoms with Gasteiger partial charge in [0.1, 0.15) is 11.5 Å². The van der Waals surface area contributed by atoms with Crippen LogP contribution in [-0.4, -0.2) is 4.57 Å². The van der Waals surface area contributed by atoms with Crippen molar-refractivity contribution in [3.8, 4) is 22.6 Å². The molecule has 0 aliphatic rings. The van der Waals surface area contributed by atoms with Crippen molar-refractivity contribution in [1.29, 1.82) is 0 Å². The third-order valence-electron chi connectivity index (χ3n) is 4.70. The molecule has 0 unspecified atom stereocenters. The van der Waals surface area contributed by atoms with E-state index in [-0.39, 0.29) is 5.43 Å². The van der Waals surface area contributed by atoms with Gasteiger partial charge >= 0.3 is 6.18 Å². The average molecular weight is 395 g/mol. The van der Waals surface area contributed by atoms with Crippen molar-refractivity contribution in [2.24, 2.45) is 7.05 Å². The van der Waals surface area contributed by atoms with E-state index in [1.54, 1.807) is 24.4 Å². The monoisotopic (exact) mass is 395 g/mol. The summed E-state index contributed by atoms with van der Waals surface area (Å²) < 4.78 is 46.0. The number of ether oxygens (including phenoxy) is 1. The maximum absolute atomic E-state index is 12.8. The first kappa shape index (κ1) is 18.8. The second-order valence-corrected chi connectivity index (χ2v) is 6.64. The number of hydrogen-bond acceptors (Lipinski definition) is 2. The minimum atomic E-state index is -4.39. The lowest BCUT2D eigenvalue weighted by atomic mass is 10.0. The molecule has 0 bridgehead atoms. The van der Waals surface area contributed by atoms with Crippen LogP contribution in [0, 0.1) is 0 Å².